The van der Waals surface area contributed by atoms with E-state index in [1.807, 2.05) is 0 Å². The molecule has 0 aliphatic carbocycles. The lowest BCUT2D eigenvalue weighted by atomic mass is 10.1. The number of rotatable bonds is 7. The number of hydrogen-bond donors (Lipinski definition) is 0. The number of fused-ring (bicyclic) bond motifs is 1. The smallest absolute Gasteiger partial charge is 0.406 e. The fourth-order valence-electron chi connectivity index (χ4n) is 3.99. The molecule has 142 valence electrons. The number of pyridine rings is 1. The van der Waals surface area contributed by atoms with Gasteiger partial charge in [0, 0.05) is 38.9 Å². The Morgan fingerprint density at radius 1 is 1.08 bits per heavy atom. The van der Waals surface area contributed by atoms with Crippen LogP contribution in [0.15, 0.2) is 27.5 Å². The van der Waals surface area contributed by atoms with Crippen molar-refractivity contribution in [2.45, 2.75) is 38.3 Å². The van der Waals surface area contributed by atoms with Crippen LogP contribution in [0.25, 0.3) is 11.2 Å². The van der Waals surface area contributed by atoms with Crippen LogP contribution in [0.3, 0.4) is 0 Å². The first-order valence-corrected chi connectivity index (χ1v) is 9.80. The maximum atomic E-state index is 12.0. The minimum Gasteiger partial charge on any atom is -0.406 e. The van der Waals surface area contributed by atoms with E-state index >= 15 is 0 Å². The molecule has 0 atom stereocenters. The molecule has 2 aromatic heterocycles. The predicted octanol–water partition coefficient (Wildman–Crippen LogP) is 1.57. The number of nitrogens with zero attached hydrogens (tertiary/aromatic N) is 4. The number of ether oxygens (including phenoxy) is 1. The summed E-state index contributed by atoms with van der Waals surface area (Å²) in [4.78, 5) is 21.2. The highest BCUT2D eigenvalue weighted by Gasteiger charge is 2.21. The van der Waals surface area contributed by atoms with Gasteiger partial charge in [-0.25, -0.2) is 9.78 Å². The average Bonchev–Trinajstić information content (AvgIpc) is 3.28. The molecule has 0 radical (unpaired) electrons. The van der Waals surface area contributed by atoms with Crippen molar-refractivity contribution in [3.05, 3.63) is 28.9 Å². The van der Waals surface area contributed by atoms with Gasteiger partial charge in [0.25, 0.3) is 0 Å². The SMILES string of the molecule is O=c1oc2cccnc2n1CCN1CCC(OCCN2CCCC2)CC1. The Morgan fingerprint density at radius 3 is 2.65 bits per heavy atom. The zero-order valence-electron chi connectivity index (χ0n) is 15.3. The van der Waals surface area contributed by atoms with Crippen molar-refractivity contribution in [2.75, 3.05) is 45.9 Å². The number of aromatic nitrogens is 2. The minimum absolute atomic E-state index is 0.321. The minimum atomic E-state index is -0.321. The standard InChI is InChI=1S/C19H28N4O3/c24-19-23(18-17(26-19)4-3-7-20-18)13-12-22-10-5-16(6-11-22)25-15-14-21-8-1-2-9-21/h3-4,7,16H,1-2,5-6,8-15H2. The molecular formula is C19H28N4O3. The van der Waals surface area contributed by atoms with Gasteiger partial charge in [-0.2, -0.15) is 0 Å². The topological polar surface area (TPSA) is 63.7 Å². The zero-order chi connectivity index (χ0) is 17.8. The van der Waals surface area contributed by atoms with E-state index in [1.165, 1.54) is 25.9 Å². The molecule has 0 N–H and O–H groups in total. The van der Waals surface area contributed by atoms with Gasteiger partial charge in [0.2, 0.25) is 0 Å². The Hall–Kier alpha value is -1.70. The largest absolute Gasteiger partial charge is 0.421 e. The lowest BCUT2D eigenvalue weighted by Gasteiger charge is -2.32. The molecule has 4 heterocycles. The van der Waals surface area contributed by atoms with Gasteiger partial charge >= 0.3 is 5.76 Å². The maximum absolute atomic E-state index is 12.0. The molecule has 2 aromatic rings. The Kier molecular flexibility index (Phi) is 5.67. The zero-order valence-corrected chi connectivity index (χ0v) is 15.3. The van der Waals surface area contributed by atoms with Crippen molar-refractivity contribution in [3.8, 4) is 0 Å². The number of likely N-dealkylation sites (tertiary alicyclic amines) is 2. The van der Waals surface area contributed by atoms with Crippen molar-refractivity contribution in [3.63, 3.8) is 0 Å². The van der Waals surface area contributed by atoms with Gasteiger partial charge in [0.15, 0.2) is 11.2 Å². The Balaban J connectivity index is 1.20. The van der Waals surface area contributed by atoms with Crippen molar-refractivity contribution in [2.24, 2.45) is 0 Å². The third-order valence-electron chi connectivity index (χ3n) is 5.56. The van der Waals surface area contributed by atoms with E-state index < -0.39 is 0 Å². The van der Waals surface area contributed by atoms with E-state index in [0.29, 0.717) is 23.9 Å². The van der Waals surface area contributed by atoms with Gasteiger partial charge in [-0.05, 0) is 50.9 Å². The summed E-state index contributed by atoms with van der Waals surface area (Å²) in [6.45, 7) is 7.89. The van der Waals surface area contributed by atoms with Gasteiger partial charge in [0.1, 0.15) is 0 Å². The van der Waals surface area contributed by atoms with Gasteiger partial charge in [-0.1, -0.05) is 0 Å². The summed E-state index contributed by atoms with van der Waals surface area (Å²) in [5.74, 6) is -0.321. The molecule has 0 spiro atoms. The summed E-state index contributed by atoms with van der Waals surface area (Å²) in [7, 11) is 0. The molecule has 2 aliphatic rings. The van der Waals surface area contributed by atoms with Crippen LogP contribution in [-0.4, -0.2) is 71.3 Å². The summed E-state index contributed by atoms with van der Waals surface area (Å²) < 4.78 is 12.9. The molecule has 0 unspecified atom stereocenters. The van der Waals surface area contributed by atoms with Crippen LogP contribution in [-0.2, 0) is 11.3 Å². The van der Waals surface area contributed by atoms with Crippen LogP contribution in [0, 0.1) is 0 Å². The Bertz CT molecular complexity index is 757. The van der Waals surface area contributed by atoms with Crippen molar-refractivity contribution in [1.82, 2.24) is 19.4 Å². The summed E-state index contributed by atoms with van der Waals surface area (Å²) >= 11 is 0. The monoisotopic (exact) mass is 360 g/mol. The number of piperidine rings is 1. The molecule has 4 rings (SSSR count). The van der Waals surface area contributed by atoms with E-state index in [-0.39, 0.29) is 5.76 Å². The molecule has 0 saturated carbocycles. The summed E-state index contributed by atoms with van der Waals surface area (Å²) in [5, 5.41) is 0. The van der Waals surface area contributed by atoms with Crippen LogP contribution in [0.1, 0.15) is 25.7 Å². The van der Waals surface area contributed by atoms with Crippen LogP contribution in [0.2, 0.25) is 0 Å². The molecule has 26 heavy (non-hydrogen) atoms. The van der Waals surface area contributed by atoms with Crippen molar-refractivity contribution < 1.29 is 9.15 Å². The second-order valence-corrected chi connectivity index (χ2v) is 7.31. The fourth-order valence-corrected chi connectivity index (χ4v) is 3.99. The highest BCUT2D eigenvalue weighted by molar-refractivity contribution is 5.67. The first-order chi connectivity index (χ1) is 12.8. The predicted molar refractivity (Wildman–Crippen MR) is 99.4 cm³/mol. The maximum Gasteiger partial charge on any atom is 0.421 e. The lowest BCUT2D eigenvalue weighted by Crippen LogP contribution is -2.40. The lowest BCUT2D eigenvalue weighted by molar-refractivity contribution is -0.000200. The molecule has 0 aromatic carbocycles. The molecule has 2 fully saturated rings. The van der Waals surface area contributed by atoms with Gasteiger partial charge in [-0.15, -0.1) is 0 Å². The van der Waals surface area contributed by atoms with E-state index in [1.54, 1.807) is 22.9 Å². The summed E-state index contributed by atoms with van der Waals surface area (Å²) in [6.07, 6.45) is 6.89. The molecule has 0 amide bonds. The summed E-state index contributed by atoms with van der Waals surface area (Å²) in [6, 6.07) is 3.56. The highest BCUT2D eigenvalue weighted by Crippen LogP contribution is 2.15. The quantitative estimate of drug-likeness (QED) is 0.747. The normalized spacial score (nSPS) is 20.3. The molecule has 7 nitrogen and oxygen atoms in total. The first kappa shape index (κ1) is 17.7. The fraction of sp³-hybridized carbons (Fsp3) is 0.684. The van der Waals surface area contributed by atoms with Crippen LogP contribution >= 0.6 is 0 Å². The van der Waals surface area contributed by atoms with Crippen LogP contribution < -0.4 is 5.76 Å². The van der Waals surface area contributed by atoms with Crippen LogP contribution in [0.4, 0.5) is 0 Å². The molecular weight excluding hydrogens is 332 g/mol. The van der Waals surface area contributed by atoms with E-state index in [9.17, 15) is 4.79 Å². The van der Waals surface area contributed by atoms with Gasteiger partial charge in [-0.3, -0.25) is 4.57 Å². The summed E-state index contributed by atoms with van der Waals surface area (Å²) in [5.41, 5.74) is 1.19. The number of oxazole rings is 1. The van der Waals surface area contributed by atoms with E-state index in [0.717, 1.165) is 45.6 Å². The third kappa shape index (κ3) is 4.16. The Labute approximate surface area is 153 Å². The first-order valence-electron chi connectivity index (χ1n) is 9.80. The average molecular weight is 360 g/mol. The molecule has 2 aliphatic heterocycles. The molecule has 2 saturated heterocycles. The van der Waals surface area contributed by atoms with Crippen molar-refractivity contribution in [1.29, 1.82) is 0 Å². The van der Waals surface area contributed by atoms with Gasteiger partial charge in [0.05, 0.1) is 12.7 Å². The third-order valence-corrected chi connectivity index (χ3v) is 5.56. The second kappa shape index (κ2) is 8.33. The Morgan fingerprint density at radius 2 is 1.85 bits per heavy atom. The van der Waals surface area contributed by atoms with Crippen molar-refractivity contribution >= 4 is 11.2 Å². The van der Waals surface area contributed by atoms with E-state index in [4.69, 9.17) is 9.15 Å². The molecule has 0 bridgehead atoms. The van der Waals surface area contributed by atoms with Crippen LogP contribution in [0.5, 0.6) is 0 Å². The highest BCUT2D eigenvalue weighted by atomic mass is 16.5. The van der Waals surface area contributed by atoms with Gasteiger partial charge < -0.3 is 19.0 Å². The molecule has 7 heteroatoms. The van der Waals surface area contributed by atoms with E-state index in [2.05, 4.69) is 14.8 Å². The second-order valence-electron chi connectivity index (χ2n) is 7.31. The number of hydrogen-bond acceptors (Lipinski definition) is 6.